The summed E-state index contributed by atoms with van der Waals surface area (Å²) in [5.41, 5.74) is 2.90. The summed E-state index contributed by atoms with van der Waals surface area (Å²) in [5, 5.41) is 11.4. The number of hydrogen-bond acceptors (Lipinski definition) is 4. The van der Waals surface area contributed by atoms with Crippen LogP contribution < -0.4 is 4.74 Å². The molecule has 1 fully saturated rings. The van der Waals surface area contributed by atoms with Crippen LogP contribution in [0.4, 0.5) is 4.39 Å². The van der Waals surface area contributed by atoms with E-state index < -0.39 is 10.2 Å². The summed E-state index contributed by atoms with van der Waals surface area (Å²) in [4.78, 5) is 0. The lowest BCUT2D eigenvalue weighted by atomic mass is 9.91. The van der Waals surface area contributed by atoms with Crippen molar-refractivity contribution in [2.24, 2.45) is 0 Å². The van der Waals surface area contributed by atoms with Crippen LogP contribution in [0.2, 0.25) is 0 Å². The Bertz CT molecular complexity index is 881. The lowest BCUT2D eigenvalue weighted by molar-refractivity contribution is 0.0845. The number of ether oxygens (including phenoxy) is 1. The zero-order valence-corrected chi connectivity index (χ0v) is 19.2. The minimum Gasteiger partial charge on any atom is -0.488 e. The normalized spacial score (nSPS) is 21.5. The lowest BCUT2D eigenvalue weighted by Crippen LogP contribution is -2.34. The van der Waals surface area contributed by atoms with Gasteiger partial charge >= 0.3 is 0 Å². The van der Waals surface area contributed by atoms with Gasteiger partial charge in [0.1, 0.15) is 27.4 Å². The average molecular weight is 483 g/mol. The summed E-state index contributed by atoms with van der Waals surface area (Å²) >= 11 is 6.84. The minimum absolute atomic E-state index is 0.138. The first-order valence-corrected chi connectivity index (χ1v) is 12.3. The quantitative estimate of drug-likeness (QED) is 0.544. The molecule has 1 saturated heterocycles. The van der Waals surface area contributed by atoms with Gasteiger partial charge in [-0.05, 0) is 102 Å². The molecule has 28 heavy (non-hydrogen) atoms. The Kier molecular flexibility index (Phi) is 5.78. The molecule has 0 aliphatic carbocycles. The van der Waals surface area contributed by atoms with Crippen LogP contribution in [0.1, 0.15) is 49.5 Å². The molecule has 1 unspecified atom stereocenters. The van der Waals surface area contributed by atoms with Crippen molar-refractivity contribution in [1.29, 1.82) is 0 Å². The Morgan fingerprint density at radius 3 is 2.61 bits per heavy atom. The first-order valence-electron chi connectivity index (χ1n) is 9.54. The maximum atomic E-state index is 13.7. The van der Waals surface area contributed by atoms with Gasteiger partial charge in [-0.2, -0.15) is 0 Å². The number of aryl methyl sites for hydroxylation is 1. The second-order valence-corrected chi connectivity index (χ2v) is 11.8. The van der Waals surface area contributed by atoms with Crippen molar-refractivity contribution in [3.8, 4) is 5.75 Å². The van der Waals surface area contributed by atoms with Crippen LogP contribution in [0, 0.1) is 5.82 Å². The molecule has 0 spiro atoms. The van der Waals surface area contributed by atoms with Crippen LogP contribution in [0.5, 0.6) is 5.75 Å². The Morgan fingerprint density at radius 2 is 1.89 bits per heavy atom. The first kappa shape index (κ1) is 20.6. The van der Waals surface area contributed by atoms with Gasteiger partial charge in [-0.3, -0.25) is 0 Å². The number of aliphatic hydroxyl groups excluding tert-OH is 1. The molecule has 0 amide bonds. The molecule has 6 heteroatoms. The molecule has 2 aliphatic heterocycles. The molecule has 2 aromatic rings. The fourth-order valence-corrected chi connectivity index (χ4v) is 7.58. The van der Waals surface area contributed by atoms with Crippen LogP contribution >= 0.6 is 39.5 Å². The summed E-state index contributed by atoms with van der Waals surface area (Å²) in [7, 11) is 0. The molecule has 0 saturated carbocycles. The molecule has 2 nitrogen and oxygen atoms in total. The molecule has 1 N–H and O–H groups in total. The van der Waals surface area contributed by atoms with Crippen molar-refractivity contribution in [3.05, 3.63) is 63.4 Å². The van der Waals surface area contributed by atoms with Crippen molar-refractivity contribution in [2.75, 3.05) is 11.5 Å². The van der Waals surface area contributed by atoms with E-state index in [4.69, 9.17) is 4.74 Å². The number of halogens is 2. The maximum Gasteiger partial charge on any atom is 0.137 e. The van der Waals surface area contributed by atoms with Gasteiger partial charge in [0.2, 0.25) is 0 Å². The molecule has 4 rings (SSSR count). The number of thioether (sulfide) groups is 2. The van der Waals surface area contributed by atoms with E-state index in [1.54, 1.807) is 35.7 Å². The predicted molar refractivity (Wildman–Crippen MR) is 120 cm³/mol. The number of aliphatic hydroxyl groups is 1. The van der Waals surface area contributed by atoms with Gasteiger partial charge in [0, 0.05) is 0 Å². The topological polar surface area (TPSA) is 29.5 Å². The molecule has 2 aromatic carbocycles. The molecular weight excluding hydrogens is 459 g/mol. The van der Waals surface area contributed by atoms with Crippen LogP contribution in [0.25, 0.3) is 0 Å². The maximum absolute atomic E-state index is 13.7. The van der Waals surface area contributed by atoms with Crippen molar-refractivity contribution in [3.63, 3.8) is 0 Å². The molecule has 0 bridgehead atoms. The van der Waals surface area contributed by atoms with Crippen LogP contribution in [0.15, 0.2) is 40.9 Å². The van der Waals surface area contributed by atoms with Crippen molar-refractivity contribution < 1.29 is 14.2 Å². The highest BCUT2D eigenvalue weighted by atomic mass is 79.9. The second-order valence-electron chi connectivity index (χ2n) is 7.98. The van der Waals surface area contributed by atoms with Crippen LogP contribution in [-0.2, 0) is 10.5 Å². The van der Waals surface area contributed by atoms with E-state index in [1.165, 1.54) is 11.6 Å². The monoisotopic (exact) mass is 482 g/mol. The summed E-state index contributed by atoms with van der Waals surface area (Å²) in [6.07, 6.45) is 2.34. The fourth-order valence-electron chi connectivity index (χ4n) is 3.81. The van der Waals surface area contributed by atoms with E-state index in [-0.39, 0.29) is 11.4 Å². The minimum atomic E-state index is -0.737. The molecule has 0 aromatic heterocycles. The lowest BCUT2D eigenvalue weighted by Gasteiger charge is -2.41. The van der Waals surface area contributed by atoms with Gasteiger partial charge in [0.15, 0.2) is 0 Å². The molecule has 150 valence electrons. The number of fused-ring (bicyclic) bond motifs is 1. The van der Waals surface area contributed by atoms with E-state index in [0.717, 1.165) is 47.6 Å². The van der Waals surface area contributed by atoms with E-state index in [9.17, 15) is 9.50 Å². The fraction of sp³-hybridized carbons (Fsp3) is 0.455. The third kappa shape index (κ3) is 3.85. The highest BCUT2D eigenvalue weighted by Crippen LogP contribution is 2.58. The Morgan fingerprint density at radius 1 is 1.14 bits per heavy atom. The molecule has 1 atom stereocenters. The van der Waals surface area contributed by atoms with Gasteiger partial charge in [-0.25, -0.2) is 4.39 Å². The molecular formula is C22H24BrFO2S2. The SMILES string of the molecule is CC1(C)CCc2cc(C3(C(O)c4ccc(F)c(Br)c4)SCCCS3)ccc2O1. The third-order valence-corrected chi connectivity index (χ3v) is 9.46. The number of benzene rings is 2. The Balaban J connectivity index is 1.74. The standard InChI is InChI=1S/C22H24BrFO2S2/c1-21(2)9-8-14-12-16(5-7-19(14)26-21)22(27-10-3-11-28-22)20(25)15-4-6-18(24)17(23)13-15/h4-7,12-13,20,25H,3,8-11H2,1-2H3. The van der Waals surface area contributed by atoms with Crippen LogP contribution in [0.3, 0.4) is 0 Å². The van der Waals surface area contributed by atoms with Gasteiger partial charge in [0.25, 0.3) is 0 Å². The Hall–Kier alpha value is -0.690. The zero-order valence-electron chi connectivity index (χ0n) is 16.0. The Labute approximate surface area is 182 Å². The van der Waals surface area contributed by atoms with Crippen LogP contribution in [-0.4, -0.2) is 22.2 Å². The van der Waals surface area contributed by atoms with E-state index in [0.29, 0.717) is 4.47 Å². The van der Waals surface area contributed by atoms with Gasteiger partial charge in [-0.1, -0.05) is 12.1 Å². The number of rotatable bonds is 3. The highest BCUT2D eigenvalue weighted by molar-refractivity contribution is 9.10. The van der Waals surface area contributed by atoms with Gasteiger partial charge in [0.05, 0.1) is 4.47 Å². The molecule has 2 aliphatic rings. The van der Waals surface area contributed by atoms with E-state index in [2.05, 4.69) is 48.0 Å². The highest BCUT2D eigenvalue weighted by Gasteiger charge is 2.44. The van der Waals surface area contributed by atoms with Crippen molar-refractivity contribution in [1.82, 2.24) is 0 Å². The van der Waals surface area contributed by atoms with E-state index in [1.807, 2.05) is 0 Å². The summed E-state index contributed by atoms with van der Waals surface area (Å²) < 4.78 is 19.7. The smallest absolute Gasteiger partial charge is 0.137 e. The number of hydrogen-bond donors (Lipinski definition) is 1. The summed E-state index contributed by atoms with van der Waals surface area (Å²) in [6, 6.07) is 11.1. The molecule has 0 radical (unpaired) electrons. The molecule has 2 heterocycles. The first-order chi connectivity index (χ1) is 13.3. The summed E-state index contributed by atoms with van der Waals surface area (Å²) in [6.45, 7) is 4.24. The van der Waals surface area contributed by atoms with Gasteiger partial charge in [-0.15, -0.1) is 23.5 Å². The van der Waals surface area contributed by atoms with E-state index >= 15 is 0 Å². The third-order valence-electron chi connectivity index (χ3n) is 5.39. The predicted octanol–water partition coefficient (Wildman–Crippen LogP) is 6.45. The summed E-state index contributed by atoms with van der Waals surface area (Å²) in [5.74, 6) is 2.61. The average Bonchev–Trinajstić information content (AvgIpc) is 2.69. The second kappa shape index (κ2) is 7.86. The zero-order chi connectivity index (χ0) is 19.9. The van der Waals surface area contributed by atoms with Crippen molar-refractivity contribution >= 4 is 39.5 Å². The largest absolute Gasteiger partial charge is 0.488 e. The van der Waals surface area contributed by atoms with Gasteiger partial charge < -0.3 is 9.84 Å². The van der Waals surface area contributed by atoms with Crippen molar-refractivity contribution in [2.45, 2.75) is 48.9 Å².